The molecule has 1 atom stereocenters. The lowest BCUT2D eigenvalue weighted by Gasteiger charge is -2.35. The third-order valence-electron chi connectivity index (χ3n) is 4.67. The number of carbonyl (C=O) groups is 2. The van der Waals surface area contributed by atoms with E-state index in [1.807, 2.05) is 6.92 Å². The zero-order valence-corrected chi connectivity index (χ0v) is 14.9. The molecule has 0 aliphatic carbocycles. The molecule has 0 spiro atoms. The Balaban J connectivity index is 1.53. The van der Waals surface area contributed by atoms with Crippen molar-refractivity contribution in [1.29, 1.82) is 5.26 Å². The predicted molar refractivity (Wildman–Crippen MR) is 94.6 cm³/mol. The van der Waals surface area contributed by atoms with Gasteiger partial charge in [0, 0.05) is 30.9 Å². The van der Waals surface area contributed by atoms with Crippen LogP contribution in [0.5, 0.6) is 0 Å². The molecule has 2 heterocycles. The smallest absolute Gasteiger partial charge is 0.254 e. The number of hydrogen-bond acceptors (Lipinski definition) is 5. The number of nitrogens with one attached hydrogen (secondary N) is 1. The summed E-state index contributed by atoms with van der Waals surface area (Å²) < 4.78 is 10.9. The molecule has 0 radical (unpaired) electrons. The van der Waals surface area contributed by atoms with Gasteiger partial charge in [0.15, 0.2) is 0 Å². The van der Waals surface area contributed by atoms with Crippen molar-refractivity contribution in [3.05, 3.63) is 29.3 Å². The van der Waals surface area contributed by atoms with Crippen molar-refractivity contribution in [3.8, 4) is 6.07 Å². The minimum atomic E-state index is -0.260. The highest BCUT2D eigenvalue weighted by molar-refractivity contribution is 5.98. The molecular formula is C19H23N3O4. The minimum absolute atomic E-state index is 0.0482. The van der Waals surface area contributed by atoms with E-state index in [1.165, 1.54) is 0 Å². The molecule has 2 fully saturated rings. The van der Waals surface area contributed by atoms with Crippen molar-refractivity contribution in [1.82, 2.24) is 4.90 Å². The summed E-state index contributed by atoms with van der Waals surface area (Å²) in [6.45, 7) is 3.91. The number of likely N-dealkylation sites (tertiary alicyclic amines) is 1. The largest absolute Gasteiger partial charge is 0.376 e. The number of hydrogen-bond donors (Lipinski definition) is 1. The van der Waals surface area contributed by atoms with Gasteiger partial charge < -0.3 is 19.7 Å². The molecule has 7 nitrogen and oxygen atoms in total. The summed E-state index contributed by atoms with van der Waals surface area (Å²) in [6, 6.07) is 7.37. The van der Waals surface area contributed by atoms with Crippen LogP contribution < -0.4 is 5.32 Å². The minimum Gasteiger partial charge on any atom is -0.376 e. The fourth-order valence-corrected chi connectivity index (χ4v) is 3.04. The third-order valence-corrected chi connectivity index (χ3v) is 4.67. The van der Waals surface area contributed by atoms with Gasteiger partial charge >= 0.3 is 0 Å². The highest BCUT2D eigenvalue weighted by atomic mass is 16.5. The first-order chi connectivity index (χ1) is 12.6. The molecule has 0 aromatic heterocycles. The summed E-state index contributed by atoms with van der Waals surface area (Å²) in [6.07, 6.45) is 2.08. The Morgan fingerprint density at radius 3 is 2.92 bits per heavy atom. The second-order valence-corrected chi connectivity index (χ2v) is 6.76. The molecule has 2 amide bonds. The van der Waals surface area contributed by atoms with Crippen molar-refractivity contribution in [2.45, 2.75) is 25.9 Å². The molecule has 1 aromatic rings. The summed E-state index contributed by atoms with van der Waals surface area (Å²) in [5.41, 5.74) is 1.97. The molecule has 1 N–H and O–H groups in total. The molecule has 1 unspecified atom stereocenters. The zero-order valence-electron chi connectivity index (χ0n) is 14.9. The van der Waals surface area contributed by atoms with Crippen LogP contribution in [0.4, 0.5) is 5.69 Å². The van der Waals surface area contributed by atoms with E-state index >= 15 is 0 Å². The number of benzene rings is 1. The summed E-state index contributed by atoms with van der Waals surface area (Å²) >= 11 is 0. The van der Waals surface area contributed by atoms with Gasteiger partial charge in [0.1, 0.15) is 6.61 Å². The average Bonchev–Trinajstić information content (AvgIpc) is 3.09. The monoisotopic (exact) mass is 357 g/mol. The van der Waals surface area contributed by atoms with E-state index in [2.05, 4.69) is 11.4 Å². The van der Waals surface area contributed by atoms with Gasteiger partial charge in [-0.3, -0.25) is 9.59 Å². The highest BCUT2D eigenvalue weighted by Gasteiger charge is 2.31. The van der Waals surface area contributed by atoms with Crippen LogP contribution in [0.15, 0.2) is 18.2 Å². The SMILES string of the molecule is Cc1ccc(C(=O)N2CC(C#N)C2)cc1NC(=O)COCC1CCCO1. The van der Waals surface area contributed by atoms with Crippen LogP contribution in [0.1, 0.15) is 28.8 Å². The van der Waals surface area contributed by atoms with Gasteiger partial charge in [-0.05, 0) is 37.5 Å². The van der Waals surface area contributed by atoms with Gasteiger partial charge in [-0.1, -0.05) is 6.07 Å². The number of rotatable bonds is 6. The van der Waals surface area contributed by atoms with Gasteiger partial charge in [-0.15, -0.1) is 0 Å². The molecule has 0 bridgehead atoms. The van der Waals surface area contributed by atoms with Gasteiger partial charge in [0.2, 0.25) is 5.91 Å². The number of aryl methyl sites for hydroxylation is 1. The van der Waals surface area contributed by atoms with E-state index < -0.39 is 0 Å². The Kier molecular flexibility index (Phi) is 5.86. The van der Waals surface area contributed by atoms with Crippen molar-refractivity contribution < 1.29 is 19.1 Å². The van der Waals surface area contributed by atoms with Crippen molar-refractivity contribution in [2.75, 3.05) is 38.2 Å². The Bertz CT molecular complexity index is 716. The van der Waals surface area contributed by atoms with Crippen LogP contribution in [-0.2, 0) is 14.3 Å². The number of carbonyl (C=O) groups excluding carboxylic acids is 2. The Morgan fingerprint density at radius 2 is 2.23 bits per heavy atom. The second kappa shape index (κ2) is 8.30. The average molecular weight is 357 g/mol. The fourth-order valence-electron chi connectivity index (χ4n) is 3.04. The third kappa shape index (κ3) is 4.40. The van der Waals surface area contributed by atoms with E-state index in [0.717, 1.165) is 25.0 Å². The summed E-state index contributed by atoms with van der Waals surface area (Å²) in [7, 11) is 0. The first kappa shape index (κ1) is 18.4. The lowest BCUT2D eigenvalue weighted by Crippen LogP contribution is -2.49. The molecule has 7 heteroatoms. The lowest BCUT2D eigenvalue weighted by molar-refractivity contribution is -0.121. The predicted octanol–water partition coefficient (Wildman–Crippen LogP) is 1.72. The molecule has 2 aliphatic rings. The zero-order chi connectivity index (χ0) is 18.5. The second-order valence-electron chi connectivity index (χ2n) is 6.76. The van der Waals surface area contributed by atoms with Crippen LogP contribution in [0.3, 0.4) is 0 Å². The standard InChI is InChI=1S/C19H23N3O4/c1-13-4-5-15(19(24)22-9-14(8-20)10-22)7-17(13)21-18(23)12-25-11-16-3-2-6-26-16/h4-5,7,14,16H,2-3,6,9-12H2,1H3,(H,21,23). The molecule has 0 saturated carbocycles. The number of nitrogens with zero attached hydrogens (tertiary/aromatic N) is 2. The summed E-state index contributed by atoms with van der Waals surface area (Å²) in [5, 5.41) is 11.6. The van der Waals surface area contributed by atoms with E-state index in [4.69, 9.17) is 14.7 Å². The van der Waals surface area contributed by atoms with Gasteiger partial charge in [-0.2, -0.15) is 5.26 Å². The van der Waals surface area contributed by atoms with Crippen LogP contribution in [0, 0.1) is 24.2 Å². The van der Waals surface area contributed by atoms with Crippen molar-refractivity contribution >= 4 is 17.5 Å². The fraction of sp³-hybridized carbons (Fsp3) is 0.526. The summed E-state index contributed by atoms with van der Waals surface area (Å²) in [4.78, 5) is 26.2. The molecule has 138 valence electrons. The first-order valence-corrected chi connectivity index (χ1v) is 8.85. The molecule has 1 aromatic carbocycles. The van der Waals surface area contributed by atoms with Gasteiger partial charge in [0.25, 0.3) is 5.91 Å². The molecular weight excluding hydrogens is 334 g/mol. The van der Waals surface area contributed by atoms with Crippen LogP contribution in [-0.4, -0.2) is 55.7 Å². The van der Waals surface area contributed by atoms with Crippen molar-refractivity contribution in [2.24, 2.45) is 5.92 Å². The van der Waals surface area contributed by atoms with E-state index in [0.29, 0.717) is 30.9 Å². The molecule has 3 rings (SSSR count). The Labute approximate surface area is 152 Å². The number of nitriles is 1. The number of amides is 2. The van der Waals surface area contributed by atoms with Gasteiger partial charge in [-0.25, -0.2) is 0 Å². The highest BCUT2D eigenvalue weighted by Crippen LogP contribution is 2.22. The number of ether oxygens (including phenoxy) is 2. The lowest BCUT2D eigenvalue weighted by atomic mass is 10.00. The van der Waals surface area contributed by atoms with E-state index in [9.17, 15) is 9.59 Å². The molecule has 26 heavy (non-hydrogen) atoms. The maximum Gasteiger partial charge on any atom is 0.254 e. The quantitative estimate of drug-likeness (QED) is 0.837. The molecule has 2 aliphatic heterocycles. The summed E-state index contributed by atoms with van der Waals surface area (Å²) in [5.74, 6) is -0.463. The first-order valence-electron chi connectivity index (χ1n) is 8.85. The topological polar surface area (TPSA) is 91.7 Å². The van der Waals surface area contributed by atoms with Gasteiger partial charge in [0.05, 0.1) is 24.7 Å². The van der Waals surface area contributed by atoms with Crippen LogP contribution in [0.25, 0.3) is 0 Å². The maximum atomic E-state index is 12.4. The van der Waals surface area contributed by atoms with E-state index in [1.54, 1.807) is 23.1 Å². The van der Waals surface area contributed by atoms with Crippen molar-refractivity contribution in [3.63, 3.8) is 0 Å². The Hall–Kier alpha value is -2.43. The number of anilines is 1. The maximum absolute atomic E-state index is 12.4. The molecule has 2 saturated heterocycles. The Morgan fingerprint density at radius 1 is 1.42 bits per heavy atom. The normalized spacial score (nSPS) is 19.7. The van der Waals surface area contributed by atoms with Crippen LogP contribution >= 0.6 is 0 Å². The van der Waals surface area contributed by atoms with Crippen LogP contribution in [0.2, 0.25) is 0 Å². The van der Waals surface area contributed by atoms with E-state index in [-0.39, 0.29) is 30.4 Å².